The van der Waals surface area contributed by atoms with Crippen LogP contribution in [-0.4, -0.2) is 29.0 Å². The average Bonchev–Trinajstić information content (AvgIpc) is 3.12. The van der Waals surface area contributed by atoms with Crippen molar-refractivity contribution in [2.24, 2.45) is 0 Å². The van der Waals surface area contributed by atoms with Crippen molar-refractivity contribution >= 4 is 39.0 Å². The van der Waals surface area contributed by atoms with Gasteiger partial charge < -0.3 is 10.2 Å². The first-order valence-electron chi connectivity index (χ1n) is 10.5. The van der Waals surface area contributed by atoms with Crippen molar-refractivity contribution < 1.29 is 4.79 Å². The van der Waals surface area contributed by atoms with Crippen molar-refractivity contribution in [1.29, 1.82) is 0 Å². The van der Waals surface area contributed by atoms with Gasteiger partial charge in [0.05, 0.1) is 5.39 Å². The molecule has 0 aliphatic heterocycles. The Labute approximate surface area is 186 Å². The number of nitrogens with one attached hydrogen (secondary N) is 1. The van der Waals surface area contributed by atoms with Gasteiger partial charge in [-0.15, -0.1) is 11.3 Å². The van der Waals surface area contributed by atoms with Gasteiger partial charge in [-0.1, -0.05) is 48.0 Å². The number of carbonyl (C=O) groups is 1. The summed E-state index contributed by atoms with van der Waals surface area (Å²) in [6, 6.07) is 18.3. The van der Waals surface area contributed by atoms with Gasteiger partial charge in [-0.05, 0) is 38.5 Å². The maximum absolute atomic E-state index is 12.8. The van der Waals surface area contributed by atoms with Crippen LogP contribution in [0.5, 0.6) is 0 Å². The van der Waals surface area contributed by atoms with Gasteiger partial charge in [0, 0.05) is 35.6 Å². The van der Waals surface area contributed by atoms with E-state index in [0.29, 0.717) is 19.5 Å². The molecular weight excluding hydrogens is 404 g/mol. The maximum atomic E-state index is 12.8. The lowest BCUT2D eigenvalue weighted by Crippen LogP contribution is -2.31. The van der Waals surface area contributed by atoms with Crippen molar-refractivity contribution in [3.8, 4) is 11.1 Å². The molecule has 0 radical (unpaired) electrons. The molecule has 0 saturated heterocycles. The highest BCUT2D eigenvalue weighted by Gasteiger charge is 2.18. The zero-order valence-corrected chi connectivity index (χ0v) is 18.9. The van der Waals surface area contributed by atoms with Gasteiger partial charge in [0.15, 0.2) is 0 Å². The van der Waals surface area contributed by atoms with Gasteiger partial charge >= 0.3 is 0 Å². The van der Waals surface area contributed by atoms with E-state index in [1.165, 1.54) is 10.4 Å². The third-order valence-corrected chi connectivity index (χ3v) is 6.33. The smallest absolute Gasteiger partial charge is 0.228 e. The van der Waals surface area contributed by atoms with E-state index < -0.39 is 0 Å². The number of hydrogen-bond donors (Lipinski definition) is 1. The van der Waals surface area contributed by atoms with Crippen LogP contribution in [0.4, 0.5) is 11.5 Å². The molecule has 2 aromatic heterocycles. The Kier molecular flexibility index (Phi) is 6.28. The van der Waals surface area contributed by atoms with E-state index in [1.54, 1.807) is 17.7 Å². The minimum absolute atomic E-state index is 0.0896. The molecule has 5 nitrogen and oxygen atoms in total. The van der Waals surface area contributed by atoms with Gasteiger partial charge in [-0.2, -0.15) is 0 Å². The predicted molar refractivity (Wildman–Crippen MR) is 130 cm³/mol. The molecule has 2 aromatic carbocycles. The molecule has 0 spiro atoms. The van der Waals surface area contributed by atoms with Gasteiger partial charge in [-0.25, -0.2) is 9.97 Å². The first kappa shape index (κ1) is 21.0. The number of rotatable bonds is 7. The highest BCUT2D eigenvalue weighted by atomic mass is 32.1. The lowest BCUT2D eigenvalue weighted by molar-refractivity contribution is -0.118. The summed E-state index contributed by atoms with van der Waals surface area (Å²) < 4.78 is 0. The molecule has 4 rings (SSSR count). The van der Waals surface area contributed by atoms with Crippen LogP contribution in [0.15, 0.2) is 60.9 Å². The second kappa shape index (κ2) is 9.27. The van der Waals surface area contributed by atoms with Crippen LogP contribution in [0.3, 0.4) is 0 Å². The molecule has 158 valence electrons. The van der Waals surface area contributed by atoms with Crippen LogP contribution in [0.25, 0.3) is 21.3 Å². The van der Waals surface area contributed by atoms with Gasteiger partial charge in [0.1, 0.15) is 17.0 Å². The minimum Gasteiger partial charge on any atom is -0.369 e. The van der Waals surface area contributed by atoms with Gasteiger partial charge in [0.2, 0.25) is 5.91 Å². The normalized spacial score (nSPS) is 10.9. The number of amides is 1. The second-order valence-electron chi connectivity index (χ2n) is 7.45. The lowest BCUT2D eigenvalue weighted by atomic mass is 10.0. The Balaban J connectivity index is 1.55. The summed E-state index contributed by atoms with van der Waals surface area (Å²) in [5.41, 5.74) is 4.47. The van der Waals surface area contributed by atoms with Gasteiger partial charge in [0.25, 0.3) is 0 Å². The van der Waals surface area contributed by atoms with Crippen LogP contribution in [-0.2, 0) is 4.79 Å². The fourth-order valence-corrected chi connectivity index (χ4v) is 4.79. The molecule has 31 heavy (non-hydrogen) atoms. The maximum Gasteiger partial charge on any atom is 0.228 e. The van der Waals surface area contributed by atoms with E-state index in [2.05, 4.69) is 53.4 Å². The Bertz CT molecular complexity index is 1190. The van der Waals surface area contributed by atoms with E-state index in [-0.39, 0.29) is 5.91 Å². The Morgan fingerprint density at radius 3 is 2.48 bits per heavy atom. The van der Waals surface area contributed by atoms with Crippen LogP contribution in [0.2, 0.25) is 0 Å². The third-order valence-electron chi connectivity index (χ3n) is 5.32. The summed E-state index contributed by atoms with van der Waals surface area (Å²) in [5.74, 6) is 0.868. The van der Waals surface area contributed by atoms with E-state index in [4.69, 9.17) is 0 Å². The van der Waals surface area contributed by atoms with Crippen LogP contribution < -0.4 is 10.2 Å². The fourth-order valence-electron chi connectivity index (χ4n) is 3.78. The molecule has 0 unspecified atom stereocenters. The molecule has 0 bridgehead atoms. The summed E-state index contributed by atoms with van der Waals surface area (Å²) in [6.45, 7) is 7.35. The number of aryl methyl sites for hydroxylation is 2. The van der Waals surface area contributed by atoms with E-state index in [0.717, 1.165) is 32.8 Å². The molecule has 0 aliphatic carbocycles. The number of aromatic nitrogens is 2. The standard InChI is InChI=1S/C25H26N4OS/c1-4-29(20-8-6-5-7-9-20)21(30)14-15-26-24-23-22(19-12-10-17(2)11-13-19)18(3)31-25(23)28-16-27-24/h5-13,16H,4,14-15H2,1-3H3,(H,26,27,28). The number of hydrogen-bond acceptors (Lipinski definition) is 5. The molecular formula is C25H26N4OS. The quantitative estimate of drug-likeness (QED) is 0.401. The number of para-hydroxylation sites is 1. The van der Waals surface area contributed by atoms with Crippen molar-refractivity contribution in [1.82, 2.24) is 9.97 Å². The first-order valence-corrected chi connectivity index (χ1v) is 11.3. The van der Waals surface area contributed by atoms with Crippen molar-refractivity contribution in [3.05, 3.63) is 71.4 Å². The second-order valence-corrected chi connectivity index (χ2v) is 8.66. The van der Waals surface area contributed by atoms with Gasteiger partial charge in [-0.3, -0.25) is 4.79 Å². The van der Waals surface area contributed by atoms with Crippen LogP contribution >= 0.6 is 11.3 Å². The van der Waals surface area contributed by atoms with Crippen LogP contribution in [0, 0.1) is 13.8 Å². The summed E-state index contributed by atoms with van der Waals surface area (Å²) in [4.78, 5) is 25.8. The number of benzene rings is 2. The number of carbonyl (C=O) groups excluding carboxylic acids is 1. The molecule has 2 heterocycles. The summed E-state index contributed by atoms with van der Waals surface area (Å²) >= 11 is 1.67. The van der Waals surface area contributed by atoms with E-state index >= 15 is 0 Å². The Morgan fingerprint density at radius 1 is 1.03 bits per heavy atom. The molecule has 1 N–H and O–H groups in total. The Morgan fingerprint density at radius 2 is 1.77 bits per heavy atom. The van der Waals surface area contributed by atoms with Crippen molar-refractivity contribution in [2.75, 3.05) is 23.3 Å². The summed E-state index contributed by atoms with van der Waals surface area (Å²) in [5, 5.41) is 4.42. The highest BCUT2D eigenvalue weighted by Crippen LogP contribution is 2.40. The first-order chi connectivity index (χ1) is 15.1. The lowest BCUT2D eigenvalue weighted by Gasteiger charge is -2.21. The minimum atomic E-state index is 0.0896. The number of nitrogens with zero attached hydrogens (tertiary/aromatic N) is 3. The monoisotopic (exact) mass is 430 g/mol. The molecule has 0 saturated carbocycles. The molecule has 1 amide bonds. The third kappa shape index (κ3) is 4.44. The molecule has 0 atom stereocenters. The van der Waals surface area contributed by atoms with Crippen molar-refractivity contribution in [2.45, 2.75) is 27.2 Å². The SMILES string of the molecule is CCN(C(=O)CCNc1ncnc2sc(C)c(-c3ccc(C)cc3)c12)c1ccccc1. The Hall–Kier alpha value is -3.25. The van der Waals surface area contributed by atoms with Crippen LogP contribution in [0.1, 0.15) is 23.8 Å². The van der Waals surface area contributed by atoms with E-state index in [9.17, 15) is 4.79 Å². The zero-order chi connectivity index (χ0) is 21.8. The topological polar surface area (TPSA) is 58.1 Å². The number of fused-ring (bicyclic) bond motifs is 1. The molecule has 4 aromatic rings. The largest absolute Gasteiger partial charge is 0.369 e. The molecule has 6 heteroatoms. The fraction of sp³-hybridized carbons (Fsp3) is 0.240. The number of thiophene rings is 1. The van der Waals surface area contributed by atoms with E-state index in [1.807, 2.05) is 42.2 Å². The predicted octanol–water partition coefficient (Wildman–Crippen LogP) is 5.83. The zero-order valence-electron chi connectivity index (χ0n) is 18.1. The molecule has 0 aliphatic rings. The average molecular weight is 431 g/mol. The number of anilines is 2. The summed E-state index contributed by atoms with van der Waals surface area (Å²) in [7, 11) is 0. The van der Waals surface area contributed by atoms with Crippen molar-refractivity contribution in [3.63, 3.8) is 0 Å². The molecule has 0 fully saturated rings. The summed E-state index contributed by atoms with van der Waals surface area (Å²) in [6.07, 6.45) is 1.97. The highest BCUT2D eigenvalue weighted by molar-refractivity contribution is 7.19.